The van der Waals surface area contributed by atoms with Crippen LogP contribution in [0.4, 0.5) is 5.69 Å². The van der Waals surface area contributed by atoms with E-state index in [0.29, 0.717) is 5.02 Å². The summed E-state index contributed by atoms with van der Waals surface area (Å²) in [6.07, 6.45) is 3.90. The van der Waals surface area contributed by atoms with Gasteiger partial charge in [0.25, 0.3) is 0 Å². The van der Waals surface area contributed by atoms with Crippen LogP contribution in [0.5, 0.6) is 0 Å². The van der Waals surface area contributed by atoms with E-state index in [1.165, 1.54) is 0 Å². The van der Waals surface area contributed by atoms with Gasteiger partial charge in [0.15, 0.2) is 0 Å². The van der Waals surface area contributed by atoms with E-state index in [0.717, 1.165) is 48.9 Å². The summed E-state index contributed by atoms with van der Waals surface area (Å²) >= 11 is 9.50. The SMILES string of the molecule is CCCC1(C(=O)Nc2cccc(Cl)c2Br)CCCNC1. The zero-order valence-corrected chi connectivity index (χ0v) is 14.0. The molecule has 2 rings (SSSR count). The fraction of sp³-hybridized carbons (Fsp3) is 0.533. The first-order valence-electron chi connectivity index (χ1n) is 7.05. The second kappa shape index (κ2) is 6.92. The highest BCUT2D eigenvalue weighted by atomic mass is 79.9. The van der Waals surface area contributed by atoms with Crippen molar-refractivity contribution in [3.63, 3.8) is 0 Å². The maximum absolute atomic E-state index is 12.7. The number of benzene rings is 1. The van der Waals surface area contributed by atoms with Crippen molar-refractivity contribution in [2.75, 3.05) is 18.4 Å². The lowest BCUT2D eigenvalue weighted by Crippen LogP contribution is -2.48. The molecule has 0 aliphatic carbocycles. The van der Waals surface area contributed by atoms with Gasteiger partial charge in [0, 0.05) is 6.54 Å². The van der Waals surface area contributed by atoms with E-state index in [1.807, 2.05) is 12.1 Å². The Hall–Kier alpha value is -0.580. The molecule has 1 amide bonds. The van der Waals surface area contributed by atoms with Crippen molar-refractivity contribution in [2.45, 2.75) is 32.6 Å². The summed E-state index contributed by atoms with van der Waals surface area (Å²) in [6.45, 7) is 3.88. The predicted molar refractivity (Wildman–Crippen MR) is 87.2 cm³/mol. The van der Waals surface area contributed by atoms with Gasteiger partial charge < -0.3 is 10.6 Å². The lowest BCUT2D eigenvalue weighted by Gasteiger charge is -2.36. The smallest absolute Gasteiger partial charge is 0.231 e. The largest absolute Gasteiger partial charge is 0.324 e. The van der Waals surface area contributed by atoms with Gasteiger partial charge in [-0.3, -0.25) is 4.79 Å². The van der Waals surface area contributed by atoms with Gasteiger partial charge >= 0.3 is 0 Å². The van der Waals surface area contributed by atoms with Crippen LogP contribution in [0.1, 0.15) is 32.6 Å². The maximum Gasteiger partial charge on any atom is 0.231 e. The van der Waals surface area contributed by atoms with E-state index in [-0.39, 0.29) is 11.3 Å². The summed E-state index contributed by atoms with van der Waals surface area (Å²) in [5.41, 5.74) is 0.443. The minimum absolute atomic E-state index is 0.0921. The molecule has 0 radical (unpaired) electrons. The summed E-state index contributed by atoms with van der Waals surface area (Å²) in [6, 6.07) is 5.50. The third-order valence-corrected chi connectivity index (χ3v) is 5.28. The number of carbonyl (C=O) groups is 1. The number of amides is 1. The zero-order chi connectivity index (χ0) is 14.6. The highest BCUT2D eigenvalue weighted by Gasteiger charge is 2.38. The molecule has 0 aromatic heterocycles. The van der Waals surface area contributed by atoms with Gasteiger partial charge in [-0.05, 0) is 53.9 Å². The van der Waals surface area contributed by atoms with Gasteiger partial charge in [-0.1, -0.05) is 31.0 Å². The summed E-state index contributed by atoms with van der Waals surface area (Å²) < 4.78 is 0.741. The minimum Gasteiger partial charge on any atom is -0.324 e. The molecular weight excluding hydrogens is 340 g/mol. The third-order valence-electron chi connectivity index (χ3n) is 3.88. The fourth-order valence-corrected chi connectivity index (χ4v) is 3.36. The second-order valence-electron chi connectivity index (χ2n) is 5.37. The van der Waals surface area contributed by atoms with E-state index < -0.39 is 0 Å². The van der Waals surface area contributed by atoms with Crippen molar-refractivity contribution in [3.8, 4) is 0 Å². The van der Waals surface area contributed by atoms with Crippen molar-refractivity contribution in [2.24, 2.45) is 5.41 Å². The number of anilines is 1. The van der Waals surface area contributed by atoms with E-state index in [9.17, 15) is 4.79 Å². The number of halogens is 2. The zero-order valence-electron chi connectivity index (χ0n) is 11.6. The second-order valence-corrected chi connectivity index (χ2v) is 6.57. The standard InChI is InChI=1S/C15H20BrClN2O/c1-2-7-15(8-4-9-18-10-15)14(20)19-12-6-3-5-11(17)13(12)16/h3,5-6,18H,2,4,7-10H2,1H3,(H,19,20). The molecule has 1 fully saturated rings. The number of hydrogen-bond donors (Lipinski definition) is 2. The molecule has 0 bridgehead atoms. The Morgan fingerprint density at radius 3 is 3.00 bits per heavy atom. The van der Waals surface area contributed by atoms with Crippen LogP contribution in [-0.2, 0) is 4.79 Å². The predicted octanol–water partition coefficient (Wildman–Crippen LogP) is 4.21. The number of carbonyl (C=O) groups excluding carboxylic acids is 1. The third kappa shape index (κ3) is 3.35. The summed E-state index contributed by atoms with van der Waals surface area (Å²) in [7, 11) is 0. The van der Waals surface area contributed by atoms with E-state index >= 15 is 0 Å². The molecule has 1 aliphatic heterocycles. The molecule has 0 spiro atoms. The van der Waals surface area contributed by atoms with Gasteiger partial charge in [0.1, 0.15) is 0 Å². The van der Waals surface area contributed by atoms with Crippen LogP contribution in [0.3, 0.4) is 0 Å². The van der Waals surface area contributed by atoms with Crippen molar-refractivity contribution in [1.82, 2.24) is 5.32 Å². The Balaban J connectivity index is 2.18. The molecule has 1 atom stereocenters. The van der Waals surface area contributed by atoms with Gasteiger partial charge in [-0.15, -0.1) is 0 Å². The van der Waals surface area contributed by atoms with E-state index in [4.69, 9.17) is 11.6 Å². The first kappa shape index (κ1) is 15.8. The molecule has 1 heterocycles. The first-order valence-corrected chi connectivity index (χ1v) is 8.22. The number of rotatable bonds is 4. The van der Waals surface area contributed by atoms with Crippen molar-refractivity contribution in [3.05, 3.63) is 27.7 Å². The van der Waals surface area contributed by atoms with Gasteiger partial charge in [0.2, 0.25) is 5.91 Å². The molecule has 0 saturated carbocycles. The lowest BCUT2D eigenvalue weighted by atomic mass is 9.76. The molecule has 1 saturated heterocycles. The minimum atomic E-state index is -0.297. The maximum atomic E-state index is 12.7. The normalized spacial score (nSPS) is 22.6. The van der Waals surface area contributed by atoms with Crippen LogP contribution in [0.25, 0.3) is 0 Å². The Labute approximate surface area is 133 Å². The molecule has 3 nitrogen and oxygen atoms in total. The molecule has 20 heavy (non-hydrogen) atoms. The number of hydrogen-bond acceptors (Lipinski definition) is 2. The molecule has 1 aromatic carbocycles. The molecule has 5 heteroatoms. The fourth-order valence-electron chi connectivity index (χ4n) is 2.82. The van der Waals surface area contributed by atoms with Crippen LogP contribution in [-0.4, -0.2) is 19.0 Å². The molecule has 1 unspecified atom stereocenters. The summed E-state index contributed by atoms with van der Waals surface area (Å²) in [5, 5.41) is 7.00. The molecule has 110 valence electrons. The Morgan fingerprint density at radius 1 is 1.55 bits per heavy atom. The topological polar surface area (TPSA) is 41.1 Å². The monoisotopic (exact) mass is 358 g/mol. The average molecular weight is 360 g/mol. The van der Waals surface area contributed by atoms with Crippen molar-refractivity contribution >= 4 is 39.1 Å². The van der Waals surface area contributed by atoms with Gasteiger partial charge in [0.05, 0.1) is 20.6 Å². The van der Waals surface area contributed by atoms with E-state index in [1.54, 1.807) is 6.07 Å². The average Bonchev–Trinajstić information content (AvgIpc) is 2.45. The molecule has 2 N–H and O–H groups in total. The Kier molecular flexibility index (Phi) is 5.47. The van der Waals surface area contributed by atoms with Gasteiger partial charge in [-0.2, -0.15) is 0 Å². The van der Waals surface area contributed by atoms with Crippen LogP contribution in [0.2, 0.25) is 5.02 Å². The van der Waals surface area contributed by atoms with Crippen LogP contribution in [0, 0.1) is 5.41 Å². The number of nitrogens with one attached hydrogen (secondary N) is 2. The summed E-state index contributed by atoms with van der Waals surface area (Å²) in [4.78, 5) is 12.7. The van der Waals surface area contributed by atoms with Crippen LogP contribution in [0.15, 0.2) is 22.7 Å². The highest BCUT2D eigenvalue weighted by molar-refractivity contribution is 9.10. The van der Waals surface area contributed by atoms with Gasteiger partial charge in [-0.25, -0.2) is 0 Å². The van der Waals surface area contributed by atoms with Crippen LogP contribution < -0.4 is 10.6 Å². The van der Waals surface area contributed by atoms with Crippen molar-refractivity contribution < 1.29 is 4.79 Å². The number of piperidine rings is 1. The van der Waals surface area contributed by atoms with E-state index in [2.05, 4.69) is 33.5 Å². The Bertz CT molecular complexity index is 481. The van der Waals surface area contributed by atoms with Crippen LogP contribution >= 0.6 is 27.5 Å². The first-order chi connectivity index (χ1) is 9.59. The lowest BCUT2D eigenvalue weighted by molar-refractivity contribution is -0.127. The van der Waals surface area contributed by atoms with Crippen molar-refractivity contribution in [1.29, 1.82) is 0 Å². The quantitative estimate of drug-likeness (QED) is 0.845. The summed E-state index contributed by atoms with van der Waals surface area (Å²) in [5.74, 6) is 0.0921. The molecule has 1 aliphatic rings. The molecular formula is C15H20BrClN2O. The highest BCUT2D eigenvalue weighted by Crippen LogP contribution is 2.35. The molecule has 1 aromatic rings. The Morgan fingerprint density at radius 2 is 2.35 bits per heavy atom.